The molecule has 4 N–H and O–H groups in total. The number of hydroxylamine groups is 2. The van der Waals surface area contributed by atoms with Crippen molar-refractivity contribution < 1.29 is 19.2 Å². The highest BCUT2D eigenvalue weighted by atomic mass is 35.5. The van der Waals surface area contributed by atoms with Gasteiger partial charge in [-0.2, -0.15) is 0 Å². The number of hydrogen-bond donors (Lipinski definition) is 3. The molecule has 2 rings (SSSR count). The third-order valence-corrected chi connectivity index (χ3v) is 2.89. The molecule has 0 unspecified atom stereocenters. The number of thiazole rings is 1. The number of guanidine groups is 1. The summed E-state index contributed by atoms with van der Waals surface area (Å²) in [6.45, 7) is 0. The van der Waals surface area contributed by atoms with Gasteiger partial charge >= 0.3 is 5.97 Å². The zero-order valence-corrected chi connectivity index (χ0v) is 11.5. The van der Waals surface area contributed by atoms with Gasteiger partial charge in [0, 0.05) is 18.2 Å². The first-order valence-electron chi connectivity index (χ1n) is 5.12. The first-order chi connectivity index (χ1) is 8.97. The minimum Gasteiger partial charge on any atom is -0.370 e. The molecule has 1 aromatic rings. The predicted octanol–water partition coefficient (Wildman–Crippen LogP) is 0.0911. The Morgan fingerprint density at radius 3 is 2.60 bits per heavy atom. The maximum Gasteiger partial charge on any atom is 0.383 e. The Morgan fingerprint density at radius 1 is 1.45 bits per heavy atom. The van der Waals surface area contributed by atoms with Crippen molar-refractivity contribution in [3.8, 4) is 0 Å². The molecule has 0 radical (unpaired) electrons. The van der Waals surface area contributed by atoms with E-state index < -0.39 is 17.8 Å². The van der Waals surface area contributed by atoms with Crippen LogP contribution in [0.3, 0.4) is 0 Å². The molecule has 0 aliphatic carbocycles. The second-order valence-electron chi connectivity index (χ2n) is 3.54. The first-order valence-corrected chi connectivity index (χ1v) is 6.00. The second-order valence-corrected chi connectivity index (χ2v) is 4.40. The number of carbonyl (C=O) groups excluding carboxylic acids is 3. The van der Waals surface area contributed by atoms with Crippen molar-refractivity contribution >= 4 is 52.6 Å². The van der Waals surface area contributed by atoms with Gasteiger partial charge in [0.1, 0.15) is 0 Å². The Labute approximate surface area is 123 Å². The lowest BCUT2D eigenvalue weighted by atomic mass is 10.4. The first kappa shape index (κ1) is 15.9. The number of imide groups is 1. The number of nitrogens with zero attached hydrogens (tertiary/aromatic N) is 2. The van der Waals surface area contributed by atoms with Crippen molar-refractivity contribution in [3.63, 3.8) is 0 Å². The molecule has 2 amide bonds. The normalized spacial score (nSPS) is 13.9. The van der Waals surface area contributed by atoms with Crippen LogP contribution in [0.2, 0.25) is 0 Å². The van der Waals surface area contributed by atoms with E-state index in [1.807, 2.05) is 0 Å². The van der Waals surface area contributed by atoms with Crippen molar-refractivity contribution in [2.45, 2.75) is 12.8 Å². The summed E-state index contributed by atoms with van der Waals surface area (Å²) in [5, 5.41) is 11.4. The summed E-state index contributed by atoms with van der Waals surface area (Å²) < 4.78 is 0. The molecule has 2 heterocycles. The standard InChI is InChI=1S/C9H9N5O4S.ClH/c10-8(11)13-9-12-4(3-19-9)7(17)18-14-5(15)1-2-6(14)16;/h3H,1-2H2,(H4,10,11,12,13);1H. The van der Waals surface area contributed by atoms with Crippen LogP contribution < -0.4 is 11.1 Å². The van der Waals surface area contributed by atoms with Crippen LogP contribution in [0.15, 0.2) is 5.38 Å². The Balaban J connectivity index is 0.00000200. The van der Waals surface area contributed by atoms with Gasteiger partial charge in [-0.3, -0.25) is 15.0 Å². The van der Waals surface area contributed by atoms with Crippen molar-refractivity contribution in [2.24, 2.45) is 5.73 Å². The molecule has 11 heteroatoms. The largest absolute Gasteiger partial charge is 0.383 e. The van der Waals surface area contributed by atoms with E-state index in [4.69, 9.17) is 11.1 Å². The maximum atomic E-state index is 11.7. The van der Waals surface area contributed by atoms with Crippen molar-refractivity contribution in [2.75, 3.05) is 5.32 Å². The highest BCUT2D eigenvalue weighted by Gasteiger charge is 2.33. The molecule has 1 aliphatic heterocycles. The van der Waals surface area contributed by atoms with E-state index in [9.17, 15) is 14.4 Å². The smallest absolute Gasteiger partial charge is 0.370 e. The quantitative estimate of drug-likeness (QED) is 0.407. The highest BCUT2D eigenvalue weighted by Crippen LogP contribution is 2.18. The zero-order valence-electron chi connectivity index (χ0n) is 9.91. The zero-order chi connectivity index (χ0) is 14.0. The predicted molar refractivity (Wildman–Crippen MR) is 71.4 cm³/mol. The van der Waals surface area contributed by atoms with E-state index in [1.165, 1.54) is 5.38 Å². The van der Waals surface area contributed by atoms with Crippen LogP contribution in [0.25, 0.3) is 0 Å². The Hall–Kier alpha value is -2.20. The minimum atomic E-state index is -0.920. The minimum absolute atomic E-state index is 0. The van der Waals surface area contributed by atoms with E-state index in [0.29, 0.717) is 5.06 Å². The monoisotopic (exact) mass is 319 g/mol. The molecule has 0 aromatic carbocycles. The molecule has 0 saturated carbocycles. The molecule has 1 fully saturated rings. The van der Waals surface area contributed by atoms with E-state index in [2.05, 4.69) is 15.1 Å². The van der Waals surface area contributed by atoms with Crippen LogP contribution in [0.4, 0.5) is 5.13 Å². The summed E-state index contributed by atoms with van der Waals surface area (Å²) in [7, 11) is 0. The Morgan fingerprint density at radius 2 is 2.05 bits per heavy atom. The van der Waals surface area contributed by atoms with Crippen LogP contribution in [0, 0.1) is 5.41 Å². The molecule has 1 aliphatic rings. The molecule has 0 bridgehead atoms. The van der Waals surface area contributed by atoms with E-state index in [0.717, 1.165) is 11.3 Å². The van der Waals surface area contributed by atoms with Gasteiger partial charge in [0.25, 0.3) is 11.8 Å². The highest BCUT2D eigenvalue weighted by molar-refractivity contribution is 7.14. The van der Waals surface area contributed by atoms with E-state index >= 15 is 0 Å². The van der Waals surface area contributed by atoms with Gasteiger partial charge in [0.2, 0.25) is 0 Å². The van der Waals surface area contributed by atoms with Crippen molar-refractivity contribution in [3.05, 3.63) is 11.1 Å². The van der Waals surface area contributed by atoms with Crippen LogP contribution in [0.1, 0.15) is 23.3 Å². The lowest BCUT2D eigenvalue weighted by Gasteiger charge is -2.10. The van der Waals surface area contributed by atoms with Gasteiger partial charge in [0.15, 0.2) is 16.8 Å². The Bertz CT molecular complexity index is 558. The summed E-state index contributed by atoms with van der Waals surface area (Å²) in [5.74, 6) is -2.36. The van der Waals surface area contributed by atoms with E-state index in [1.54, 1.807) is 0 Å². The van der Waals surface area contributed by atoms with Gasteiger partial charge in [0.05, 0.1) is 0 Å². The third kappa shape index (κ3) is 3.42. The SMILES string of the molecule is Cl.N=C(N)Nc1nc(C(=O)ON2C(=O)CCC2=O)cs1. The van der Waals surface area contributed by atoms with Crippen molar-refractivity contribution in [1.29, 1.82) is 5.41 Å². The molecule has 9 nitrogen and oxygen atoms in total. The summed E-state index contributed by atoms with van der Waals surface area (Å²) in [6, 6.07) is 0. The van der Waals surface area contributed by atoms with Gasteiger partial charge in [-0.1, -0.05) is 0 Å². The number of aromatic nitrogens is 1. The molecular formula is C9H10ClN5O4S. The fraction of sp³-hybridized carbons (Fsp3) is 0.222. The number of nitrogens with two attached hydrogens (primary N) is 1. The number of halogens is 1. The Kier molecular flexibility index (Phi) is 5.00. The summed E-state index contributed by atoms with van der Waals surface area (Å²) in [6.07, 6.45) is 0.0562. The van der Waals surface area contributed by atoms with Gasteiger partial charge in [-0.05, 0) is 0 Å². The summed E-state index contributed by atoms with van der Waals surface area (Å²) in [5.41, 5.74) is 5.02. The van der Waals surface area contributed by atoms with Gasteiger partial charge in [-0.25, -0.2) is 9.78 Å². The summed E-state index contributed by atoms with van der Waals surface area (Å²) in [4.78, 5) is 42.6. The van der Waals surface area contributed by atoms with Crippen LogP contribution >= 0.6 is 23.7 Å². The maximum absolute atomic E-state index is 11.7. The molecule has 0 spiro atoms. The molecule has 108 valence electrons. The van der Waals surface area contributed by atoms with Gasteiger partial charge < -0.3 is 15.9 Å². The summed E-state index contributed by atoms with van der Waals surface area (Å²) >= 11 is 1.03. The lowest BCUT2D eigenvalue weighted by molar-refractivity contribution is -0.172. The average Bonchev–Trinajstić information content (AvgIpc) is 2.90. The molecule has 0 atom stereocenters. The lowest BCUT2D eigenvalue weighted by Crippen LogP contribution is -2.32. The molecule has 20 heavy (non-hydrogen) atoms. The second kappa shape index (κ2) is 6.30. The third-order valence-electron chi connectivity index (χ3n) is 2.13. The topological polar surface area (TPSA) is 138 Å². The molecule has 1 saturated heterocycles. The average molecular weight is 320 g/mol. The van der Waals surface area contributed by atoms with Crippen LogP contribution in [-0.2, 0) is 14.4 Å². The fourth-order valence-corrected chi connectivity index (χ4v) is 2.02. The fourth-order valence-electron chi connectivity index (χ4n) is 1.33. The van der Waals surface area contributed by atoms with Crippen LogP contribution in [-0.4, -0.2) is 33.8 Å². The molecule has 1 aromatic heterocycles. The molecular weight excluding hydrogens is 310 g/mol. The van der Waals surface area contributed by atoms with Gasteiger partial charge in [-0.15, -0.1) is 28.8 Å². The number of rotatable bonds is 3. The van der Waals surface area contributed by atoms with Crippen LogP contribution in [0.5, 0.6) is 0 Å². The number of anilines is 1. The van der Waals surface area contributed by atoms with Crippen molar-refractivity contribution in [1.82, 2.24) is 10.0 Å². The number of nitrogens with one attached hydrogen (secondary N) is 2. The van der Waals surface area contributed by atoms with E-state index in [-0.39, 0.29) is 42.0 Å². The number of carbonyl (C=O) groups is 3. The number of amides is 2. The number of hydrogen-bond acceptors (Lipinski definition) is 7.